The zero-order chi connectivity index (χ0) is 14.8. The zero-order valence-corrected chi connectivity index (χ0v) is 12.8. The summed E-state index contributed by atoms with van der Waals surface area (Å²) in [6.45, 7) is 3.52. The molecular weight excluding hydrogens is 324 g/mol. The Labute approximate surface area is 125 Å². The van der Waals surface area contributed by atoms with E-state index in [4.69, 9.17) is 0 Å². The van der Waals surface area contributed by atoms with E-state index in [-0.39, 0.29) is 11.5 Å². The molecule has 0 bridgehead atoms. The molecular formula is C14H17BrN2O3. The number of carboxylic acids is 1. The molecule has 3 N–H and O–H groups in total. The summed E-state index contributed by atoms with van der Waals surface area (Å²) in [6.07, 6.45) is 1.50. The zero-order valence-electron chi connectivity index (χ0n) is 11.2. The highest BCUT2D eigenvalue weighted by molar-refractivity contribution is 9.10. The summed E-state index contributed by atoms with van der Waals surface area (Å²) in [5.41, 5.74) is -0.0237. The molecule has 20 heavy (non-hydrogen) atoms. The van der Waals surface area contributed by atoms with Gasteiger partial charge in [0.25, 0.3) is 0 Å². The van der Waals surface area contributed by atoms with E-state index in [9.17, 15) is 14.7 Å². The summed E-state index contributed by atoms with van der Waals surface area (Å²) in [6, 6.07) is 4.81. The van der Waals surface area contributed by atoms with Gasteiger partial charge in [-0.2, -0.15) is 0 Å². The van der Waals surface area contributed by atoms with Crippen molar-refractivity contribution < 1.29 is 14.7 Å². The number of hydrogen-bond acceptors (Lipinski definition) is 3. The van der Waals surface area contributed by atoms with Crippen LogP contribution in [0.5, 0.6) is 0 Å². The lowest BCUT2D eigenvalue weighted by molar-refractivity contribution is -0.126. The molecule has 1 aliphatic heterocycles. The van der Waals surface area contributed by atoms with Crippen molar-refractivity contribution in [1.29, 1.82) is 0 Å². The molecule has 1 amide bonds. The van der Waals surface area contributed by atoms with Crippen LogP contribution in [0.15, 0.2) is 22.7 Å². The van der Waals surface area contributed by atoms with E-state index in [0.717, 1.165) is 25.9 Å². The van der Waals surface area contributed by atoms with Crippen LogP contribution in [0.3, 0.4) is 0 Å². The maximum Gasteiger partial charge on any atom is 0.337 e. The average molecular weight is 341 g/mol. The standard InChI is InChI=1S/C14H17BrN2O3/c1-14(4-6-16-7-5-14)13(20)17-11-3-2-9(15)8-10(11)12(18)19/h2-3,8,16H,4-7H2,1H3,(H,17,20)(H,18,19). The van der Waals surface area contributed by atoms with Crippen LogP contribution in [0.2, 0.25) is 0 Å². The third-order valence-corrected chi connectivity index (χ3v) is 4.21. The molecule has 108 valence electrons. The minimum Gasteiger partial charge on any atom is -0.478 e. The van der Waals surface area contributed by atoms with Gasteiger partial charge in [0.05, 0.1) is 11.3 Å². The topological polar surface area (TPSA) is 78.4 Å². The third-order valence-electron chi connectivity index (χ3n) is 3.72. The highest BCUT2D eigenvalue weighted by Gasteiger charge is 2.35. The number of piperidine rings is 1. The van der Waals surface area contributed by atoms with Crippen molar-refractivity contribution in [2.45, 2.75) is 19.8 Å². The highest BCUT2D eigenvalue weighted by atomic mass is 79.9. The van der Waals surface area contributed by atoms with Gasteiger partial charge >= 0.3 is 5.97 Å². The molecule has 2 rings (SSSR count). The summed E-state index contributed by atoms with van der Waals surface area (Å²) in [5, 5.41) is 15.2. The van der Waals surface area contributed by atoms with Gasteiger partial charge in [0.15, 0.2) is 0 Å². The van der Waals surface area contributed by atoms with Gasteiger partial charge in [0, 0.05) is 9.89 Å². The van der Waals surface area contributed by atoms with Crippen molar-refractivity contribution in [2.24, 2.45) is 5.41 Å². The Morgan fingerprint density at radius 1 is 1.35 bits per heavy atom. The van der Waals surface area contributed by atoms with Crippen LogP contribution in [-0.2, 0) is 4.79 Å². The quantitative estimate of drug-likeness (QED) is 0.789. The van der Waals surface area contributed by atoms with Gasteiger partial charge in [-0.25, -0.2) is 4.79 Å². The number of anilines is 1. The van der Waals surface area contributed by atoms with E-state index in [1.807, 2.05) is 6.92 Å². The first-order valence-corrected chi connectivity index (χ1v) is 7.27. The van der Waals surface area contributed by atoms with E-state index < -0.39 is 11.4 Å². The molecule has 0 unspecified atom stereocenters. The van der Waals surface area contributed by atoms with Crippen LogP contribution in [0.1, 0.15) is 30.1 Å². The van der Waals surface area contributed by atoms with Gasteiger partial charge in [-0.15, -0.1) is 0 Å². The molecule has 5 nitrogen and oxygen atoms in total. The van der Waals surface area contributed by atoms with Gasteiger partial charge in [-0.1, -0.05) is 22.9 Å². The Hall–Kier alpha value is -1.40. The largest absolute Gasteiger partial charge is 0.478 e. The molecule has 1 fully saturated rings. The average Bonchev–Trinajstić information content (AvgIpc) is 2.41. The lowest BCUT2D eigenvalue weighted by Crippen LogP contribution is -2.43. The number of carboxylic acid groups (broad SMARTS) is 1. The van der Waals surface area contributed by atoms with Crippen molar-refractivity contribution in [1.82, 2.24) is 5.32 Å². The number of hydrogen-bond donors (Lipinski definition) is 3. The molecule has 0 spiro atoms. The molecule has 0 saturated carbocycles. The van der Waals surface area contributed by atoms with Gasteiger partial charge in [-0.3, -0.25) is 4.79 Å². The first-order chi connectivity index (χ1) is 9.42. The van der Waals surface area contributed by atoms with Crippen molar-refractivity contribution in [3.05, 3.63) is 28.2 Å². The number of carbonyl (C=O) groups excluding carboxylic acids is 1. The molecule has 1 aromatic rings. The van der Waals surface area contributed by atoms with Gasteiger partial charge in [0.1, 0.15) is 0 Å². The number of amides is 1. The fourth-order valence-electron chi connectivity index (χ4n) is 2.28. The summed E-state index contributed by atoms with van der Waals surface area (Å²) >= 11 is 3.23. The van der Waals surface area contributed by atoms with E-state index in [0.29, 0.717) is 10.2 Å². The second-order valence-corrected chi connectivity index (χ2v) is 6.18. The highest BCUT2D eigenvalue weighted by Crippen LogP contribution is 2.30. The Kier molecular flexibility index (Phi) is 4.45. The monoisotopic (exact) mass is 340 g/mol. The summed E-state index contributed by atoms with van der Waals surface area (Å²) in [5.74, 6) is -1.18. The van der Waals surface area contributed by atoms with Crippen LogP contribution in [0.4, 0.5) is 5.69 Å². The van der Waals surface area contributed by atoms with Gasteiger partial charge < -0.3 is 15.7 Å². The molecule has 6 heteroatoms. The molecule has 0 radical (unpaired) electrons. The summed E-state index contributed by atoms with van der Waals surface area (Å²) < 4.78 is 0.668. The van der Waals surface area contributed by atoms with E-state index in [2.05, 4.69) is 26.6 Å². The normalized spacial score (nSPS) is 17.5. The Bertz CT molecular complexity index is 539. The second-order valence-electron chi connectivity index (χ2n) is 5.26. The minimum absolute atomic E-state index is 0.0882. The molecule has 0 atom stereocenters. The van der Waals surface area contributed by atoms with Crippen LogP contribution in [0, 0.1) is 5.41 Å². The second kappa shape index (κ2) is 5.93. The first-order valence-electron chi connectivity index (χ1n) is 6.47. The molecule has 0 aromatic heterocycles. The van der Waals surface area contributed by atoms with Crippen LogP contribution in [0.25, 0.3) is 0 Å². The molecule has 1 heterocycles. The molecule has 1 saturated heterocycles. The third kappa shape index (κ3) is 3.19. The number of nitrogens with one attached hydrogen (secondary N) is 2. The van der Waals surface area contributed by atoms with Gasteiger partial charge in [0.2, 0.25) is 5.91 Å². The predicted octanol–water partition coefficient (Wildman–Crippen LogP) is 2.48. The Balaban J connectivity index is 2.21. The Morgan fingerprint density at radius 3 is 2.60 bits per heavy atom. The van der Waals surface area contributed by atoms with Crippen LogP contribution in [-0.4, -0.2) is 30.1 Å². The number of aromatic carboxylic acids is 1. The van der Waals surface area contributed by atoms with Crippen molar-refractivity contribution >= 4 is 33.5 Å². The number of rotatable bonds is 3. The number of carbonyl (C=O) groups is 2. The summed E-state index contributed by atoms with van der Waals surface area (Å²) in [7, 11) is 0. The van der Waals surface area contributed by atoms with Crippen molar-refractivity contribution in [2.75, 3.05) is 18.4 Å². The minimum atomic E-state index is -1.06. The Morgan fingerprint density at radius 2 is 2.00 bits per heavy atom. The number of halogens is 1. The predicted molar refractivity (Wildman–Crippen MR) is 79.9 cm³/mol. The SMILES string of the molecule is CC1(C(=O)Nc2ccc(Br)cc2C(=O)O)CCNCC1. The van der Waals surface area contributed by atoms with Gasteiger partial charge in [-0.05, 0) is 44.1 Å². The first kappa shape index (κ1) is 15.0. The van der Waals surface area contributed by atoms with E-state index in [1.54, 1.807) is 12.1 Å². The van der Waals surface area contributed by atoms with Crippen LogP contribution >= 0.6 is 15.9 Å². The van der Waals surface area contributed by atoms with Crippen molar-refractivity contribution in [3.63, 3.8) is 0 Å². The maximum absolute atomic E-state index is 12.4. The smallest absolute Gasteiger partial charge is 0.337 e. The maximum atomic E-state index is 12.4. The van der Waals surface area contributed by atoms with E-state index >= 15 is 0 Å². The van der Waals surface area contributed by atoms with E-state index in [1.165, 1.54) is 6.07 Å². The van der Waals surface area contributed by atoms with Crippen LogP contribution < -0.4 is 10.6 Å². The molecule has 1 aromatic carbocycles. The summed E-state index contributed by atoms with van der Waals surface area (Å²) in [4.78, 5) is 23.6. The lowest BCUT2D eigenvalue weighted by atomic mass is 9.80. The fourth-order valence-corrected chi connectivity index (χ4v) is 2.64. The number of benzene rings is 1. The fraction of sp³-hybridized carbons (Fsp3) is 0.429. The molecule has 0 aliphatic carbocycles. The lowest BCUT2D eigenvalue weighted by Gasteiger charge is -2.32. The molecule has 1 aliphatic rings. The van der Waals surface area contributed by atoms with Crippen molar-refractivity contribution in [3.8, 4) is 0 Å².